The van der Waals surface area contributed by atoms with E-state index in [1.54, 1.807) is 18.2 Å². The Hall–Kier alpha value is -2.55. The number of nitrogens with one attached hydrogen (secondary N) is 1. The molecular formula is C19H19F3N2O3S. The molecule has 5 nitrogen and oxygen atoms in total. The minimum atomic E-state index is -4.51. The zero-order valence-corrected chi connectivity index (χ0v) is 15.6. The number of hydrogen-bond donors (Lipinski definition) is 1. The fourth-order valence-corrected chi connectivity index (χ4v) is 4.84. The van der Waals surface area contributed by atoms with E-state index in [0.717, 1.165) is 12.1 Å². The predicted octanol–water partition coefficient (Wildman–Crippen LogP) is 4.18. The molecule has 2 aromatic carbocycles. The molecule has 3 rings (SSSR count). The molecule has 2 amide bonds. The molecule has 1 N–H and O–H groups in total. The van der Waals surface area contributed by atoms with E-state index in [-0.39, 0.29) is 16.3 Å². The highest BCUT2D eigenvalue weighted by Crippen LogP contribution is 2.31. The minimum absolute atomic E-state index is 0.0105. The van der Waals surface area contributed by atoms with Gasteiger partial charge in [0.25, 0.3) is 0 Å². The van der Waals surface area contributed by atoms with Crippen LogP contribution in [0.25, 0.3) is 0 Å². The summed E-state index contributed by atoms with van der Waals surface area (Å²) in [6.07, 6.45) is -3.37. The molecule has 1 atom stereocenters. The monoisotopic (exact) mass is 412 g/mol. The van der Waals surface area contributed by atoms with Crippen LogP contribution < -0.4 is 5.32 Å². The topological polar surface area (TPSA) is 66.5 Å². The third-order valence-corrected chi connectivity index (χ3v) is 6.41. The van der Waals surface area contributed by atoms with E-state index in [9.17, 15) is 26.4 Å². The smallest absolute Gasteiger partial charge is 0.321 e. The first kappa shape index (κ1) is 20.2. The second kappa shape index (κ2) is 7.83. The van der Waals surface area contributed by atoms with Crippen molar-refractivity contribution in [2.75, 3.05) is 17.6 Å². The van der Waals surface area contributed by atoms with E-state index < -0.39 is 33.6 Å². The van der Waals surface area contributed by atoms with Crippen LogP contribution in [0.1, 0.15) is 18.4 Å². The number of benzene rings is 2. The van der Waals surface area contributed by atoms with Crippen molar-refractivity contribution in [3.63, 3.8) is 0 Å². The molecule has 0 saturated carbocycles. The molecule has 150 valence electrons. The van der Waals surface area contributed by atoms with Gasteiger partial charge in [-0.3, -0.25) is 0 Å². The van der Waals surface area contributed by atoms with Crippen LogP contribution >= 0.6 is 0 Å². The molecule has 0 spiro atoms. The van der Waals surface area contributed by atoms with Crippen molar-refractivity contribution in [2.45, 2.75) is 30.0 Å². The Morgan fingerprint density at radius 3 is 2.50 bits per heavy atom. The van der Waals surface area contributed by atoms with E-state index in [2.05, 4.69) is 5.32 Å². The highest BCUT2D eigenvalue weighted by atomic mass is 32.2. The lowest BCUT2D eigenvalue weighted by Crippen LogP contribution is -2.42. The quantitative estimate of drug-likeness (QED) is 0.820. The molecule has 1 aliphatic heterocycles. The molecule has 9 heteroatoms. The Bertz CT molecular complexity index is 946. The van der Waals surface area contributed by atoms with Crippen LogP contribution in [0.4, 0.5) is 23.7 Å². The number of alkyl halides is 3. The standard InChI is InChI=1S/C19H19F3N2O3S/c20-19(21,22)14-6-4-7-15(12-14)23-18(25)24-11-5-8-16(24)13-28(26,27)17-9-2-1-3-10-17/h1-4,6-7,9-10,12,16H,5,8,11,13H2,(H,23,25)/t16-/m1/s1. The molecule has 1 fully saturated rings. The van der Waals surface area contributed by atoms with Gasteiger partial charge >= 0.3 is 12.2 Å². The summed E-state index contributed by atoms with van der Waals surface area (Å²) in [5.41, 5.74) is -0.855. The number of urea groups is 1. The number of carbonyl (C=O) groups is 1. The lowest BCUT2D eigenvalue weighted by atomic mass is 10.2. The maximum Gasteiger partial charge on any atom is 0.416 e. The Kier molecular flexibility index (Phi) is 5.64. The summed E-state index contributed by atoms with van der Waals surface area (Å²) in [7, 11) is -3.58. The first-order valence-corrected chi connectivity index (χ1v) is 10.3. The molecule has 0 bridgehead atoms. The predicted molar refractivity (Wildman–Crippen MR) is 98.7 cm³/mol. The molecule has 1 aliphatic rings. The summed E-state index contributed by atoms with van der Waals surface area (Å²) in [6.45, 7) is 0.347. The molecule has 1 saturated heterocycles. The number of anilines is 1. The van der Waals surface area contributed by atoms with E-state index in [1.165, 1.54) is 29.2 Å². The number of likely N-dealkylation sites (tertiary alicyclic amines) is 1. The SMILES string of the molecule is O=C(Nc1cccc(C(F)(F)F)c1)N1CCC[C@@H]1CS(=O)(=O)c1ccccc1. The molecule has 0 aromatic heterocycles. The van der Waals surface area contributed by atoms with Crippen LogP contribution in [0.2, 0.25) is 0 Å². The Balaban J connectivity index is 1.72. The number of nitrogens with zero attached hydrogens (tertiary/aromatic N) is 1. The Labute approximate surface area is 161 Å². The van der Waals surface area contributed by atoms with E-state index in [1.807, 2.05) is 0 Å². The van der Waals surface area contributed by atoms with Gasteiger partial charge in [0.05, 0.1) is 16.2 Å². The summed E-state index contributed by atoms with van der Waals surface area (Å²) in [6, 6.07) is 11.2. The molecular weight excluding hydrogens is 393 g/mol. The summed E-state index contributed by atoms with van der Waals surface area (Å²) in [5.74, 6) is -0.229. The van der Waals surface area contributed by atoms with Gasteiger partial charge < -0.3 is 10.2 Å². The fourth-order valence-electron chi connectivity index (χ4n) is 3.22. The van der Waals surface area contributed by atoms with Crippen LogP contribution in [-0.2, 0) is 16.0 Å². The normalized spacial score (nSPS) is 17.5. The van der Waals surface area contributed by atoms with Gasteiger partial charge in [0.1, 0.15) is 0 Å². The lowest BCUT2D eigenvalue weighted by molar-refractivity contribution is -0.137. The van der Waals surface area contributed by atoms with Crippen LogP contribution in [0.15, 0.2) is 59.5 Å². The van der Waals surface area contributed by atoms with Gasteiger partial charge in [-0.25, -0.2) is 13.2 Å². The van der Waals surface area contributed by atoms with Crippen LogP contribution in [0.3, 0.4) is 0 Å². The number of carbonyl (C=O) groups excluding carboxylic acids is 1. The van der Waals surface area contributed by atoms with Gasteiger partial charge in [0.15, 0.2) is 9.84 Å². The fraction of sp³-hybridized carbons (Fsp3) is 0.316. The number of amides is 2. The van der Waals surface area contributed by atoms with Crippen LogP contribution in [0.5, 0.6) is 0 Å². The summed E-state index contributed by atoms with van der Waals surface area (Å²) in [4.78, 5) is 14.1. The maximum atomic E-state index is 12.8. The maximum absolute atomic E-state index is 12.8. The van der Waals surface area contributed by atoms with Crippen molar-refractivity contribution in [3.05, 3.63) is 60.2 Å². The second-order valence-corrected chi connectivity index (χ2v) is 8.63. The molecule has 0 aliphatic carbocycles. The van der Waals surface area contributed by atoms with Crippen molar-refractivity contribution in [3.8, 4) is 0 Å². The summed E-state index contributed by atoms with van der Waals surface area (Å²) in [5, 5.41) is 2.44. The van der Waals surface area contributed by atoms with E-state index in [4.69, 9.17) is 0 Å². The zero-order valence-electron chi connectivity index (χ0n) is 14.8. The largest absolute Gasteiger partial charge is 0.416 e. The zero-order chi connectivity index (χ0) is 20.4. The third-order valence-electron chi connectivity index (χ3n) is 4.59. The minimum Gasteiger partial charge on any atom is -0.321 e. The highest BCUT2D eigenvalue weighted by molar-refractivity contribution is 7.91. The lowest BCUT2D eigenvalue weighted by Gasteiger charge is -2.25. The van der Waals surface area contributed by atoms with Gasteiger partial charge in [0, 0.05) is 18.3 Å². The van der Waals surface area contributed by atoms with Crippen molar-refractivity contribution >= 4 is 21.6 Å². The number of halogens is 3. The molecule has 28 heavy (non-hydrogen) atoms. The van der Waals surface area contributed by atoms with Gasteiger partial charge in [-0.15, -0.1) is 0 Å². The van der Waals surface area contributed by atoms with E-state index in [0.29, 0.717) is 19.4 Å². The van der Waals surface area contributed by atoms with Crippen molar-refractivity contribution in [1.29, 1.82) is 0 Å². The van der Waals surface area contributed by atoms with Gasteiger partial charge in [-0.05, 0) is 43.2 Å². The molecule has 2 aromatic rings. The first-order valence-electron chi connectivity index (χ1n) is 8.69. The number of hydrogen-bond acceptors (Lipinski definition) is 3. The van der Waals surface area contributed by atoms with Crippen LogP contribution in [-0.4, -0.2) is 37.7 Å². The van der Waals surface area contributed by atoms with Gasteiger partial charge in [-0.1, -0.05) is 24.3 Å². The highest BCUT2D eigenvalue weighted by Gasteiger charge is 2.34. The van der Waals surface area contributed by atoms with E-state index >= 15 is 0 Å². The Morgan fingerprint density at radius 1 is 1.11 bits per heavy atom. The average Bonchev–Trinajstić information content (AvgIpc) is 3.09. The molecule has 0 radical (unpaired) electrons. The Morgan fingerprint density at radius 2 is 1.82 bits per heavy atom. The van der Waals surface area contributed by atoms with Gasteiger partial charge in [0.2, 0.25) is 0 Å². The van der Waals surface area contributed by atoms with Crippen molar-refractivity contribution in [2.24, 2.45) is 0 Å². The molecule has 1 heterocycles. The van der Waals surface area contributed by atoms with Gasteiger partial charge in [-0.2, -0.15) is 13.2 Å². The van der Waals surface area contributed by atoms with Crippen LogP contribution in [0, 0.1) is 0 Å². The number of rotatable bonds is 4. The summed E-state index contributed by atoms with van der Waals surface area (Å²) < 4.78 is 63.6. The van der Waals surface area contributed by atoms with Crippen molar-refractivity contribution < 1.29 is 26.4 Å². The third kappa shape index (κ3) is 4.64. The second-order valence-electron chi connectivity index (χ2n) is 6.59. The van der Waals surface area contributed by atoms with Crippen molar-refractivity contribution in [1.82, 2.24) is 4.90 Å². The average molecular weight is 412 g/mol. The first-order chi connectivity index (χ1) is 13.2. The molecule has 0 unspecified atom stereocenters. The summed E-state index contributed by atoms with van der Waals surface area (Å²) >= 11 is 0. The number of sulfone groups is 1.